The van der Waals surface area contributed by atoms with Crippen molar-refractivity contribution in [1.82, 2.24) is 0 Å². The summed E-state index contributed by atoms with van der Waals surface area (Å²) in [6.07, 6.45) is 0. The largest absolute Gasteiger partial charge is 3.00 e. The van der Waals surface area contributed by atoms with Gasteiger partial charge in [-0.2, -0.15) is 0 Å². The van der Waals surface area contributed by atoms with Crippen LogP contribution in [-0.2, 0) is 26.2 Å². The van der Waals surface area contributed by atoms with Crippen molar-refractivity contribution in [2.24, 2.45) is 0 Å². The van der Waals surface area contributed by atoms with Gasteiger partial charge in [0.05, 0.1) is 0 Å². The molecule has 0 aliphatic heterocycles. The van der Waals surface area contributed by atoms with Crippen LogP contribution in [0.3, 0.4) is 0 Å². The Morgan fingerprint density at radius 1 is 0.857 bits per heavy atom. The van der Waals surface area contributed by atoms with E-state index >= 15 is 0 Å². The molecule has 0 saturated carbocycles. The Balaban J connectivity index is 0. The van der Waals surface area contributed by atoms with Crippen molar-refractivity contribution >= 4 is 66.2 Å². The minimum atomic E-state index is 0. The molecule has 0 aliphatic rings. The SMILES string of the molecule is [Al+3].[Ba+2].[F-].[F-].[F-].[H-].[H-].[La].[Zr]. The maximum Gasteiger partial charge on any atom is 3.00 e. The Morgan fingerprint density at radius 3 is 0.857 bits per heavy atom. The van der Waals surface area contributed by atoms with Crippen molar-refractivity contribution in [1.29, 1.82) is 0 Å². The molecule has 1 radical (unpaired) electrons. The Labute approximate surface area is 141 Å². The van der Waals surface area contributed by atoms with Gasteiger partial charge in [0.25, 0.3) is 0 Å². The molecule has 0 atom stereocenters. The van der Waals surface area contributed by atoms with Gasteiger partial charge < -0.3 is 17.0 Å². The van der Waals surface area contributed by atoms with Gasteiger partial charge in [-0.15, -0.1) is 0 Å². The topological polar surface area (TPSA) is 0 Å². The molecule has 0 fully saturated rings. The third-order valence-electron chi connectivity index (χ3n) is 0. The van der Waals surface area contributed by atoms with E-state index in [2.05, 4.69) is 0 Å². The zero-order valence-electron chi connectivity index (χ0n) is 5.50. The predicted molar refractivity (Wildman–Crippen MR) is 13.7 cm³/mol. The van der Waals surface area contributed by atoms with Gasteiger partial charge in [-0.25, -0.2) is 0 Å². The molecule has 0 amide bonds. The molecule has 0 saturated heterocycles. The average Bonchev–Trinajstić information content (AvgIpc) is 0. The van der Waals surface area contributed by atoms with Crippen LogP contribution in [0.25, 0.3) is 0 Å². The fourth-order valence-corrected chi connectivity index (χ4v) is 0. The van der Waals surface area contributed by atoms with E-state index < -0.39 is 0 Å². The standard InChI is InChI=1S/Al.Ba.3FH.La.Zr.2H/h;;3*1H;;;;/q+3;+2;;;;;;2*-1/p-3. The van der Waals surface area contributed by atoms with Crippen molar-refractivity contribution in [2.45, 2.75) is 0 Å². The van der Waals surface area contributed by atoms with Crippen LogP contribution >= 0.6 is 0 Å². The molecular formula is H2AlBaF3LaZr. The van der Waals surface area contributed by atoms with Gasteiger partial charge in [-0.05, 0) is 0 Å². The molecule has 7 heteroatoms. The summed E-state index contributed by atoms with van der Waals surface area (Å²) >= 11 is 0. The first-order valence-corrected chi connectivity index (χ1v) is 0. The summed E-state index contributed by atoms with van der Waals surface area (Å²) in [7, 11) is 0. The van der Waals surface area contributed by atoms with E-state index in [9.17, 15) is 0 Å². The van der Waals surface area contributed by atoms with E-state index in [0.717, 1.165) is 0 Å². The summed E-state index contributed by atoms with van der Waals surface area (Å²) in [5.41, 5.74) is 0. The molecule has 0 bridgehead atoms. The molecular weight excluding hydrogens is 451 g/mol. The van der Waals surface area contributed by atoms with Crippen molar-refractivity contribution in [3.63, 3.8) is 0 Å². The smallest absolute Gasteiger partial charge is 1.00 e. The van der Waals surface area contributed by atoms with Gasteiger partial charge in [0.1, 0.15) is 0 Å². The quantitative estimate of drug-likeness (QED) is 0.320. The summed E-state index contributed by atoms with van der Waals surface area (Å²) in [4.78, 5) is 0. The number of halogens is 3. The molecule has 0 aliphatic carbocycles. The molecule has 7 heavy (non-hydrogen) atoms. The van der Waals surface area contributed by atoms with Crippen LogP contribution in [0.5, 0.6) is 0 Å². The first-order valence-electron chi connectivity index (χ1n) is 0. The molecule has 0 heterocycles. The van der Waals surface area contributed by atoms with Crippen LogP contribution in [-0.4, -0.2) is 66.2 Å². The van der Waals surface area contributed by atoms with Gasteiger partial charge in [0.2, 0.25) is 0 Å². The Bertz CT molecular complexity index is 21.8. The van der Waals surface area contributed by atoms with Gasteiger partial charge in [-0.3, -0.25) is 0 Å². The van der Waals surface area contributed by atoms with E-state index in [1.165, 1.54) is 0 Å². The molecule has 0 aromatic rings. The first-order chi connectivity index (χ1) is 0. The maximum absolute atomic E-state index is 0. The maximum atomic E-state index is 0. The normalized spacial score (nSPS) is 0. The van der Waals surface area contributed by atoms with Gasteiger partial charge in [0, 0.05) is 61.8 Å². The van der Waals surface area contributed by atoms with Crippen LogP contribution in [0.1, 0.15) is 2.85 Å². The van der Waals surface area contributed by atoms with Crippen molar-refractivity contribution in [3.05, 3.63) is 0 Å². The van der Waals surface area contributed by atoms with E-state index in [4.69, 9.17) is 0 Å². The number of rotatable bonds is 0. The molecule has 0 spiro atoms. The average molecular weight is 453 g/mol. The van der Waals surface area contributed by atoms with E-state index in [0.29, 0.717) is 0 Å². The zero-order valence-corrected chi connectivity index (χ0v) is 15.2. The second-order valence-corrected chi connectivity index (χ2v) is 0. The molecule has 0 rings (SSSR count). The van der Waals surface area contributed by atoms with E-state index in [-0.39, 0.29) is 145 Å². The summed E-state index contributed by atoms with van der Waals surface area (Å²) in [6, 6.07) is 0. The van der Waals surface area contributed by atoms with Crippen LogP contribution in [0.15, 0.2) is 0 Å². The van der Waals surface area contributed by atoms with Crippen LogP contribution < -0.4 is 14.1 Å². The van der Waals surface area contributed by atoms with Gasteiger partial charge in [0.15, 0.2) is 0 Å². The molecule has 0 nitrogen and oxygen atoms in total. The molecule has 0 aromatic carbocycles. The van der Waals surface area contributed by atoms with Crippen LogP contribution in [0.2, 0.25) is 0 Å². The van der Waals surface area contributed by atoms with Gasteiger partial charge >= 0.3 is 66.2 Å². The van der Waals surface area contributed by atoms with Crippen molar-refractivity contribution in [2.75, 3.05) is 0 Å². The van der Waals surface area contributed by atoms with Crippen molar-refractivity contribution in [3.8, 4) is 0 Å². The fourth-order valence-electron chi connectivity index (χ4n) is 0. The summed E-state index contributed by atoms with van der Waals surface area (Å²) in [6.45, 7) is 0. The second-order valence-electron chi connectivity index (χ2n) is 0. The Morgan fingerprint density at radius 2 is 0.857 bits per heavy atom. The summed E-state index contributed by atoms with van der Waals surface area (Å²) in [5.74, 6) is 0. The molecule has 0 aromatic heterocycles. The third-order valence-corrected chi connectivity index (χ3v) is 0. The Kier molecular flexibility index (Phi) is 503. The third kappa shape index (κ3) is 40.2. The molecule has 0 N–H and O–H groups in total. The van der Waals surface area contributed by atoms with Crippen molar-refractivity contribution < 1.29 is 78.8 Å². The van der Waals surface area contributed by atoms with Gasteiger partial charge in [-0.1, -0.05) is 0 Å². The summed E-state index contributed by atoms with van der Waals surface area (Å²) < 4.78 is 0. The summed E-state index contributed by atoms with van der Waals surface area (Å²) in [5, 5.41) is 0. The second kappa shape index (κ2) is 50.9. The zero-order chi connectivity index (χ0) is 0. The Hall–Kier alpha value is 3.97. The molecule has 0 unspecified atom stereocenters. The number of hydrogen-bond acceptors (Lipinski definition) is 0. The fraction of sp³-hybridized carbons (Fsp3) is 0. The van der Waals surface area contributed by atoms with Crippen LogP contribution in [0.4, 0.5) is 0 Å². The van der Waals surface area contributed by atoms with E-state index in [1.807, 2.05) is 0 Å². The first kappa shape index (κ1) is 69.2. The molecule has 35 valence electrons. The minimum Gasteiger partial charge on any atom is -1.00 e. The number of hydrogen-bond donors (Lipinski definition) is 0. The predicted octanol–water partition coefficient (Wildman–Crippen LogP) is -9.53. The minimum absolute atomic E-state index is 0. The van der Waals surface area contributed by atoms with E-state index in [1.54, 1.807) is 0 Å². The van der Waals surface area contributed by atoms with Crippen LogP contribution in [0, 0.1) is 35.6 Å². The monoisotopic (exact) mass is 453 g/mol.